The van der Waals surface area contributed by atoms with E-state index in [9.17, 15) is 17.6 Å². The Hall–Kier alpha value is -1.58. The predicted molar refractivity (Wildman–Crippen MR) is 75.6 cm³/mol. The van der Waals surface area contributed by atoms with Gasteiger partial charge in [0.1, 0.15) is 10.7 Å². The van der Waals surface area contributed by atoms with Crippen LogP contribution < -0.4 is 4.72 Å². The molecule has 0 spiro atoms. The highest BCUT2D eigenvalue weighted by atomic mass is 79.9. The molecule has 2 aromatic rings. The third kappa shape index (κ3) is 3.36. The molecule has 21 heavy (non-hydrogen) atoms. The van der Waals surface area contributed by atoms with Crippen molar-refractivity contribution in [1.82, 2.24) is 0 Å². The SMILES string of the molecule is O=C(O)c1cc(S(=O)(=O)Nc2ccc(F)cc2Cl)c(Br)o1. The zero-order valence-corrected chi connectivity index (χ0v) is 13.1. The maximum absolute atomic E-state index is 12.9. The molecule has 10 heteroatoms. The van der Waals surface area contributed by atoms with Crippen LogP contribution in [-0.2, 0) is 10.0 Å². The van der Waals surface area contributed by atoms with Gasteiger partial charge in [-0.2, -0.15) is 0 Å². The second-order valence-corrected chi connectivity index (χ2v) is 6.56. The average molecular weight is 399 g/mol. The van der Waals surface area contributed by atoms with Crippen molar-refractivity contribution in [2.24, 2.45) is 0 Å². The van der Waals surface area contributed by atoms with E-state index in [2.05, 4.69) is 20.7 Å². The lowest BCUT2D eigenvalue weighted by Crippen LogP contribution is -2.13. The van der Waals surface area contributed by atoms with Crippen LogP contribution >= 0.6 is 27.5 Å². The predicted octanol–water partition coefficient (Wildman–Crippen LogP) is 3.33. The minimum absolute atomic E-state index is 0.0527. The Morgan fingerprint density at radius 3 is 2.57 bits per heavy atom. The Morgan fingerprint density at radius 2 is 2.05 bits per heavy atom. The maximum Gasteiger partial charge on any atom is 0.371 e. The normalized spacial score (nSPS) is 11.4. The van der Waals surface area contributed by atoms with Gasteiger partial charge in [-0.1, -0.05) is 11.6 Å². The number of benzene rings is 1. The molecule has 0 unspecified atom stereocenters. The van der Waals surface area contributed by atoms with Crippen LogP contribution in [0.15, 0.2) is 38.2 Å². The van der Waals surface area contributed by atoms with E-state index < -0.39 is 32.5 Å². The Morgan fingerprint density at radius 1 is 1.38 bits per heavy atom. The van der Waals surface area contributed by atoms with Crippen molar-refractivity contribution in [1.29, 1.82) is 0 Å². The fraction of sp³-hybridized carbons (Fsp3) is 0. The van der Waals surface area contributed by atoms with E-state index >= 15 is 0 Å². The number of sulfonamides is 1. The van der Waals surface area contributed by atoms with Gasteiger partial charge in [-0.3, -0.25) is 4.72 Å². The number of carbonyl (C=O) groups is 1. The van der Waals surface area contributed by atoms with Gasteiger partial charge in [0.25, 0.3) is 10.0 Å². The molecule has 1 aromatic heterocycles. The Labute approximate surface area is 131 Å². The van der Waals surface area contributed by atoms with E-state index in [1.165, 1.54) is 0 Å². The Bertz CT molecular complexity index is 820. The summed E-state index contributed by atoms with van der Waals surface area (Å²) in [5, 5.41) is 8.62. The lowest BCUT2D eigenvalue weighted by Gasteiger charge is -2.08. The zero-order chi connectivity index (χ0) is 15.8. The second kappa shape index (κ2) is 5.66. The fourth-order valence-corrected chi connectivity index (χ4v) is 3.70. The summed E-state index contributed by atoms with van der Waals surface area (Å²) >= 11 is 8.54. The van der Waals surface area contributed by atoms with Gasteiger partial charge in [-0.05, 0) is 34.1 Å². The molecule has 0 radical (unpaired) electrons. The van der Waals surface area contributed by atoms with Gasteiger partial charge in [-0.25, -0.2) is 17.6 Å². The number of rotatable bonds is 4. The average Bonchev–Trinajstić information content (AvgIpc) is 2.76. The molecule has 1 heterocycles. The van der Waals surface area contributed by atoms with Crippen molar-refractivity contribution in [2.75, 3.05) is 4.72 Å². The number of carboxylic acid groups (broad SMARTS) is 1. The second-order valence-electron chi connectivity index (χ2n) is 3.78. The molecule has 0 aliphatic carbocycles. The first kappa shape index (κ1) is 15.8. The van der Waals surface area contributed by atoms with Crippen LogP contribution in [0.4, 0.5) is 10.1 Å². The van der Waals surface area contributed by atoms with Gasteiger partial charge in [0.2, 0.25) is 5.76 Å². The fourth-order valence-electron chi connectivity index (χ4n) is 1.41. The molecule has 0 aliphatic heterocycles. The van der Waals surface area contributed by atoms with Crippen LogP contribution in [0.2, 0.25) is 5.02 Å². The van der Waals surface area contributed by atoms with Gasteiger partial charge < -0.3 is 9.52 Å². The molecule has 112 valence electrons. The highest BCUT2D eigenvalue weighted by molar-refractivity contribution is 9.10. The third-order valence-corrected chi connectivity index (χ3v) is 4.87. The van der Waals surface area contributed by atoms with Crippen molar-refractivity contribution in [2.45, 2.75) is 4.90 Å². The van der Waals surface area contributed by atoms with Gasteiger partial charge in [0, 0.05) is 6.07 Å². The standard InChI is InChI=1S/C11H6BrClFNO5S/c12-10-9(4-8(20-10)11(16)17)21(18,19)15-7-2-1-5(14)3-6(7)13/h1-4,15H,(H,16,17). The molecule has 1 aromatic carbocycles. The molecule has 0 amide bonds. The van der Waals surface area contributed by atoms with Crippen LogP contribution in [0.5, 0.6) is 0 Å². The van der Waals surface area contributed by atoms with Crippen LogP contribution in [0, 0.1) is 5.82 Å². The first-order valence-electron chi connectivity index (χ1n) is 5.21. The first-order chi connectivity index (χ1) is 9.70. The summed E-state index contributed by atoms with van der Waals surface area (Å²) in [7, 11) is -4.15. The first-order valence-corrected chi connectivity index (χ1v) is 7.86. The minimum atomic E-state index is -4.15. The molecule has 0 atom stereocenters. The summed E-state index contributed by atoms with van der Waals surface area (Å²) in [4.78, 5) is 10.3. The van der Waals surface area contributed by atoms with Crippen molar-refractivity contribution in [3.8, 4) is 0 Å². The molecule has 2 rings (SSSR count). The summed E-state index contributed by atoms with van der Waals surface area (Å²) < 4.78 is 43.8. The number of carboxylic acids is 1. The number of halogens is 3. The minimum Gasteiger partial charge on any atom is -0.475 e. The van der Waals surface area contributed by atoms with E-state index in [0.717, 1.165) is 24.3 Å². The van der Waals surface area contributed by atoms with Crippen molar-refractivity contribution in [3.05, 3.63) is 45.5 Å². The molecule has 0 saturated heterocycles. The van der Waals surface area contributed by atoms with Crippen LogP contribution in [0.25, 0.3) is 0 Å². The monoisotopic (exact) mass is 397 g/mol. The molecule has 0 fully saturated rings. The number of furan rings is 1. The Balaban J connectivity index is 2.41. The number of aromatic carboxylic acids is 1. The molecule has 0 bridgehead atoms. The van der Waals surface area contributed by atoms with Crippen LogP contribution in [-0.4, -0.2) is 19.5 Å². The summed E-state index contributed by atoms with van der Waals surface area (Å²) in [6.07, 6.45) is 0. The molecule has 0 aliphatic rings. The van der Waals surface area contributed by atoms with E-state index in [4.69, 9.17) is 21.1 Å². The number of nitrogens with one attached hydrogen (secondary N) is 1. The molecular formula is C11H6BrClFNO5S. The third-order valence-electron chi connectivity index (χ3n) is 2.33. The van der Waals surface area contributed by atoms with Crippen molar-refractivity contribution in [3.63, 3.8) is 0 Å². The molecule has 2 N–H and O–H groups in total. The summed E-state index contributed by atoms with van der Waals surface area (Å²) in [5.41, 5.74) is -0.0527. The van der Waals surface area contributed by atoms with Crippen LogP contribution in [0.1, 0.15) is 10.6 Å². The highest BCUT2D eigenvalue weighted by Crippen LogP contribution is 2.30. The van der Waals surface area contributed by atoms with E-state index in [0.29, 0.717) is 0 Å². The lowest BCUT2D eigenvalue weighted by molar-refractivity contribution is 0.0661. The molecular weight excluding hydrogens is 393 g/mol. The quantitative estimate of drug-likeness (QED) is 0.823. The topological polar surface area (TPSA) is 96.6 Å². The maximum atomic E-state index is 12.9. The van der Waals surface area contributed by atoms with Crippen LogP contribution in [0.3, 0.4) is 0 Å². The number of hydrogen-bond acceptors (Lipinski definition) is 4. The van der Waals surface area contributed by atoms with Crippen molar-refractivity contribution < 1.29 is 27.1 Å². The highest BCUT2D eigenvalue weighted by Gasteiger charge is 2.25. The van der Waals surface area contributed by atoms with Gasteiger partial charge in [0.05, 0.1) is 10.7 Å². The van der Waals surface area contributed by atoms with Gasteiger partial charge >= 0.3 is 5.97 Å². The number of anilines is 1. The van der Waals surface area contributed by atoms with Gasteiger partial charge in [0.15, 0.2) is 4.67 Å². The summed E-state index contributed by atoms with van der Waals surface area (Å²) in [6.45, 7) is 0. The lowest BCUT2D eigenvalue weighted by atomic mass is 10.3. The van der Waals surface area contributed by atoms with E-state index in [1.54, 1.807) is 0 Å². The van der Waals surface area contributed by atoms with Crippen molar-refractivity contribution >= 4 is 49.2 Å². The molecule has 0 saturated carbocycles. The van der Waals surface area contributed by atoms with E-state index in [-0.39, 0.29) is 15.4 Å². The summed E-state index contributed by atoms with van der Waals surface area (Å²) in [6, 6.07) is 3.94. The number of hydrogen-bond donors (Lipinski definition) is 2. The van der Waals surface area contributed by atoms with Gasteiger partial charge in [-0.15, -0.1) is 0 Å². The summed E-state index contributed by atoms with van der Waals surface area (Å²) in [5.74, 6) is -2.59. The van der Waals surface area contributed by atoms with E-state index in [1.807, 2.05) is 0 Å². The smallest absolute Gasteiger partial charge is 0.371 e. The Kier molecular flexibility index (Phi) is 4.26. The largest absolute Gasteiger partial charge is 0.475 e. The zero-order valence-electron chi connectivity index (χ0n) is 9.93. The molecule has 6 nitrogen and oxygen atoms in total.